The van der Waals surface area contributed by atoms with E-state index in [0.29, 0.717) is 24.5 Å². The molecule has 3 rings (SSSR count). The first kappa shape index (κ1) is 18.6. The minimum Gasteiger partial charge on any atom is -0.352 e. The van der Waals surface area contributed by atoms with E-state index in [1.165, 1.54) is 6.26 Å². The van der Waals surface area contributed by atoms with Gasteiger partial charge in [-0.1, -0.05) is 12.1 Å². The summed E-state index contributed by atoms with van der Waals surface area (Å²) in [6, 6.07) is 6.66. The Morgan fingerprint density at radius 3 is 2.62 bits per heavy atom. The van der Waals surface area contributed by atoms with Gasteiger partial charge in [-0.2, -0.15) is 0 Å². The van der Waals surface area contributed by atoms with Crippen LogP contribution in [0.3, 0.4) is 0 Å². The van der Waals surface area contributed by atoms with E-state index in [9.17, 15) is 13.2 Å². The van der Waals surface area contributed by atoms with E-state index in [2.05, 4.69) is 15.2 Å². The Morgan fingerprint density at radius 2 is 2.00 bits per heavy atom. The zero-order valence-corrected chi connectivity index (χ0v) is 16.0. The van der Waals surface area contributed by atoms with Crippen LogP contribution in [0.4, 0.5) is 0 Å². The average molecular weight is 376 g/mol. The van der Waals surface area contributed by atoms with Crippen LogP contribution < -0.4 is 5.32 Å². The summed E-state index contributed by atoms with van der Waals surface area (Å²) in [7, 11) is -3.19. The number of benzene rings is 1. The Labute approximate surface area is 154 Å². The number of carbonyl (C=O) groups excluding carboxylic acids is 1. The number of fused-ring (bicyclic) bond motifs is 1. The van der Waals surface area contributed by atoms with Gasteiger partial charge in [0, 0.05) is 38.1 Å². The summed E-state index contributed by atoms with van der Waals surface area (Å²) < 4.78 is 25.1. The maximum absolute atomic E-state index is 12.6. The van der Waals surface area contributed by atoms with Crippen LogP contribution in [-0.4, -0.2) is 47.6 Å². The van der Waals surface area contributed by atoms with Crippen LogP contribution in [0.5, 0.6) is 0 Å². The van der Waals surface area contributed by atoms with Gasteiger partial charge in [-0.15, -0.1) is 0 Å². The molecule has 1 atom stereocenters. The molecule has 8 heteroatoms. The third kappa shape index (κ3) is 4.13. The number of imidazole rings is 1. The molecule has 0 bridgehead atoms. The Morgan fingerprint density at radius 1 is 1.31 bits per heavy atom. The molecule has 1 aromatic carbocycles. The minimum absolute atomic E-state index is 0.0172. The summed E-state index contributed by atoms with van der Waals surface area (Å²) in [6.45, 7) is 5.79. The van der Waals surface area contributed by atoms with E-state index in [1.807, 2.05) is 30.5 Å². The maximum Gasteiger partial charge on any atom is 0.244 e. The molecule has 2 aromatic rings. The predicted molar refractivity (Wildman–Crippen MR) is 98.2 cm³/mol. The van der Waals surface area contributed by atoms with Crippen LogP contribution in [0.25, 0.3) is 0 Å². The van der Waals surface area contributed by atoms with Crippen LogP contribution in [0.1, 0.15) is 31.1 Å². The van der Waals surface area contributed by atoms with Crippen molar-refractivity contribution in [1.29, 1.82) is 0 Å². The second-order valence-corrected chi connectivity index (χ2v) is 9.07. The van der Waals surface area contributed by atoms with Crippen LogP contribution in [-0.2, 0) is 27.7 Å². The highest BCUT2D eigenvalue weighted by Crippen LogP contribution is 2.23. The van der Waals surface area contributed by atoms with Crippen molar-refractivity contribution in [2.24, 2.45) is 0 Å². The van der Waals surface area contributed by atoms with E-state index < -0.39 is 9.84 Å². The first-order valence-electron chi connectivity index (χ1n) is 8.56. The molecule has 0 saturated heterocycles. The fraction of sp³-hybridized carbons (Fsp3) is 0.444. The molecule has 1 N–H and O–H groups in total. The van der Waals surface area contributed by atoms with Crippen LogP contribution in [0, 0.1) is 0 Å². The van der Waals surface area contributed by atoms with Gasteiger partial charge >= 0.3 is 0 Å². The number of aromatic nitrogens is 2. The zero-order valence-electron chi connectivity index (χ0n) is 15.2. The minimum atomic E-state index is -3.19. The van der Waals surface area contributed by atoms with Gasteiger partial charge in [0.05, 0.1) is 16.9 Å². The fourth-order valence-corrected chi connectivity index (χ4v) is 3.80. The first-order chi connectivity index (χ1) is 12.2. The molecule has 1 aliphatic rings. The van der Waals surface area contributed by atoms with Gasteiger partial charge in [0.25, 0.3) is 0 Å². The normalized spacial score (nSPS) is 17.9. The third-order valence-electron chi connectivity index (χ3n) is 4.39. The van der Waals surface area contributed by atoms with Gasteiger partial charge in [-0.3, -0.25) is 9.69 Å². The molecule has 0 fully saturated rings. The highest BCUT2D eigenvalue weighted by Gasteiger charge is 2.30. The van der Waals surface area contributed by atoms with Crippen LogP contribution in [0.15, 0.2) is 41.7 Å². The molecule has 2 heterocycles. The molecule has 1 aromatic heterocycles. The molecular weight excluding hydrogens is 352 g/mol. The maximum atomic E-state index is 12.6. The molecule has 0 aliphatic carbocycles. The van der Waals surface area contributed by atoms with Crippen molar-refractivity contribution in [1.82, 2.24) is 19.8 Å². The summed E-state index contributed by atoms with van der Waals surface area (Å²) in [5.41, 5.74) is 2.00. The summed E-state index contributed by atoms with van der Waals surface area (Å²) in [5.74, 6) is -0.0172. The molecule has 0 saturated carbocycles. The highest BCUT2D eigenvalue weighted by atomic mass is 32.2. The van der Waals surface area contributed by atoms with E-state index in [4.69, 9.17) is 0 Å². The Hall–Kier alpha value is -2.19. The Kier molecular flexibility index (Phi) is 5.15. The van der Waals surface area contributed by atoms with Crippen molar-refractivity contribution in [3.05, 3.63) is 48.0 Å². The molecule has 26 heavy (non-hydrogen) atoms. The van der Waals surface area contributed by atoms with Crippen molar-refractivity contribution >= 4 is 15.7 Å². The predicted octanol–water partition coefficient (Wildman–Crippen LogP) is 1.37. The van der Waals surface area contributed by atoms with Gasteiger partial charge in [-0.25, -0.2) is 13.4 Å². The lowest BCUT2D eigenvalue weighted by Crippen LogP contribution is -2.45. The summed E-state index contributed by atoms with van der Waals surface area (Å²) in [5, 5.41) is 2.97. The van der Waals surface area contributed by atoms with Crippen LogP contribution >= 0.6 is 0 Å². The van der Waals surface area contributed by atoms with E-state index in [1.54, 1.807) is 24.7 Å². The van der Waals surface area contributed by atoms with Crippen LogP contribution in [0.2, 0.25) is 0 Å². The zero-order chi connectivity index (χ0) is 18.9. The standard InChI is InChI=1S/C18H24N4O3S/c1-13(2)20-18(23)17-11-21(10-15-8-19-12-22(15)17)9-14-4-6-16(7-5-14)26(3,24)25/h4-8,12-13,17H,9-11H2,1-3H3,(H,20,23)/t17-/m1/s1. The second-order valence-electron chi connectivity index (χ2n) is 7.06. The van der Waals surface area contributed by atoms with Gasteiger partial charge < -0.3 is 9.88 Å². The monoisotopic (exact) mass is 376 g/mol. The largest absolute Gasteiger partial charge is 0.352 e. The van der Waals surface area contributed by atoms with E-state index >= 15 is 0 Å². The summed E-state index contributed by atoms with van der Waals surface area (Å²) >= 11 is 0. The summed E-state index contributed by atoms with van der Waals surface area (Å²) in [6.07, 6.45) is 4.69. The van der Waals surface area contributed by atoms with E-state index in [-0.39, 0.29) is 18.0 Å². The molecule has 0 spiro atoms. The lowest BCUT2D eigenvalue weighted by Gasteiger charge is -2.34. The third-order valence-corrected chi connectivity index (χ3v) is 5.52. The molecular formula is C18H24N4O3S. The van der Waals surface area contributed by atoms with Crippen molar-refractivity contribution < 1.29 is 13.2 Å². The summed E-state index contributed by atoms with van der Waals surface area (Å²) in [4.78, 5) is 19.2. The number of hydrogen-bond acceptors (Lipinski definition) is 5. The van der Waals surface area contributed by atoms with Crippen molar-refractivity contribution in [3.8, 4) is 0 Å². The Bertz CT molecular complexity index is 887. The highest BCUT2D eigenvalue weighted by molar-refractivity contribution is 7.90. The lowest BCUT2D eigenvalue weighted by molar-refractivity contribution is -0.126. The SMILES string of the molecule is CC(C)NC(=O)[C@H]1CN(Cc2ccc(S(C)(=O)=O)cc2)Cc2cncn21. The van der Waals surface area contributed by atoms with E-state index in [0.717, 1.165) is 11.3 Å². The number of hydrogen-bond donors (Lipinski definition) is 1. The number of nitrogens with one attached hydrogen (secondary N) is 1. The fourth-order valence-electron chi connectivity index (χ4n) is 3.17. The van der Waals surface area contributed by atoms with Gasteiger partial charge in [0.15, 0.2) is 9.84 Å². The molecule has 0 radical (unpaired) electrons. The average Bonchev–Trinajstić information content (AvgIpc) is 3.01. The number of nitrogens with zero attached hydrogens (tertiary/aromatic N) is 3. The van der Waals surface area contributed by atoms with Crippen molar-refractivity contribution in [2.75, 3.05) is 12.8 Å². The van der Waals surface area contributed by atoms with Crippen molar-refractivity contribution in [2.45, 2.75) is 43.9 Å². The number of rotatable bonds is 5. The topological polar surface area (TPSA) is 84.3 Å². The second kappa shape index (κ2) is 7.20. The molecule has 7 nitrogen and oxygen atoms in total. The number of carbonyl (C=O) groups is 1. The van der Waals surface area contributed by atoms with Gasteiger partial charge in [0.1, 0.15) is 6.04 Å². The number of amides is 1. The number of sulfone groups is 1. The van der Waals surface area contributed by atoms with Crippen molar-refractivity contribution in [3.63, 3.8) is 0 Å². The van der Waals surface area contributed by atoms with Gasteiger partial charge in [-0.05, 0) is 31.5 Å². The molecule has 140 valence electrons. The molecule has 1 amide bonds. The molecule has 0 unspecified atom stereocenters. The smallest absolute Gasteiger partial charge is 0.244 e. The quantitative estimate of drug-likeness (QED) is 0.852. The van der Waals surface area contributed by atoms with Gasteiger partial charge in [0.2, 0.25) is 5.91 Å². The molecule has 1 aliphatic heterocycles. The Balaban J connectivity index is 1.76. The lowest BCUT2D eigenvalue weighted by atomic mass is 10.1. The first-order valence-corrected chi connectivity index (χ1v) is 10.5.